The molecule has 0 bridgehead atoms. The van der Waals surface area contributed by atoms with E-state index in [0.29, 0.717) is 0 Å². The van der Waals surface area contributed by atoms with Crippen molar-refractivity contribution in [3.63, 3.8) is 0 Å². The van der Waals surface area contributed by atoms with E-state index in [4.69, 9.17) is 0 Å². The molecule has 0 unspecified atom stereocenters. The average Bonchev–Trinajstić information content (AvgIpc) is 2.97. The average molecular weight is 654 g/mol. The molecule has 259 valence electrons. The Bertz CT molecular complexity index is 480. The van der Waals surface area contributed by atoms with Crippen molar-refractivity contribution >= 4 is 11.9 Å². The molecule has 1 radical (unpaired) electrons. The van der Waals surface area contributed by atoms with Crippen LogP contribution in [0.1, 0.15) is 232 Å². The number of aliphatic carboxylic acids is 2. The van der Waals surface area contributed by atoms with Crippen LogP contribution >= 0.6 is 0 Å². The molecule has 4 nitrogen and oxygen atoms in total. The maximum Gasteiger partial charge on any atom is 2.00 e. The van der Waals surface area contributed by atoms with E-state index in [9.17, 15) is 19.8 Å². The van der Waals surface area contributed by atoms with E-state index >= 15 is 0 Å². The third-order valence-electron chi connectivity index (χ3n) is 8.47. The molecule has 0 saturated heterocycles. The smallest absolute Gasteiger partial charge is 0.550 e. The topological polar surface area (TPSA) is 80.3 Å². The first-order chi connectivity index (χ1) is 20.5. The van der Waals surface area contributed by atoms with Crippen LogP contribution < -0.4 is 10.2 Å². The Labute approximate surface area is 279 Å². The second-order valence-corrected chi connectivity index (χ2v) is 12.9. The number of rotatable bonds is 34. The van der Waals surface area contributed by atoms with E-state index in [1.54, 1.807) is 0 Å². The Kier molecular flexibility index (Phi) is 47.5. The minimum Gasteiger partial charge on any atom is -0.550 e. The van der Waals surface area contributed by atoms with Crippen molar-refractivity contribution in [2.45, 2.75) is 232 Å². The van der Waals surface area contributed by atoms with Gasteiger partial charge in [0.05, 0.1) is 0 Å². The molecule has 0 fully saturated rings. The van der Waals surface area contributed by atoms with Gasteiger partial charge in [-0.3, -0.25) is 0 Å². The van der Waals surface area contributed by atoms with Crippen LogP contribution in [0.25, 0.3) is 0 Å². The van der Waals surface area contributed by atoms with Crippen LogP contribution in [0.15, 0.2) is 0 Å². The standard InChI is InChI=1S/2C19H38O2.Co/c2*1-2-3-4-5-6-7-8-9-10-11-12-13-14-15-16-17-18-19(20)21;/h2*2-18H2,1H3,(H,20,21);/q;;+2/p-2. The van der Waals surface area contributed by atoms with Crippen molar-refractivity contribution in [1.29, 1.82) is 0 Å². The van der Waals surface area contributed by atoms with Gasteiger partial charge in [0.15, 0.2) is 0 Å². The van der Waals surface area contributed by atoms with E-state index in [0.717, 1.165) is 25.7 Å². The minimum atomic E-state index is -0.902. The Hall–Kier alpha value is -0.554. The summed E-state index contributed by atoms with van der Waals surface area (Å²) in [5, 5.41) is 20.5. The van der Waals surface area contributed by atoms with Gasteiger partial charge in [0.1, 0.15) is 0 Å². The molecule has 43 heavy (non-hydrogen) atoms. The number of carboxylic acids is 2. The summed E-state index contributed by atoms with van der Waals surface area (Å²) in [6, 6.07) is 0. The van der Waals surface area contributed by atoms with Gasteiger partial charge >= 0.3 is 16.8 Å². The first-order valence-corrected chi connectivity index (χ1v) is 18.9. The normalized spacial score (nSPS) is 10.7. The molecule has 0 amide bonds. The number of hydrogen-bond donors (Lipinski definition) is 0. The second-order valence-electron chi connectivity index (χ2n) is 12.9. The van der Waals surface area contributed by atoms with Crippen LogP contribution in [0.2, 0.25) is 0 Å². The van der Waals surface area contributed by atoms with Gasteiger partial charge in [0.2, 0.25) is 0 Å². The number of carbonyl (C=O) groups is 2. The zero-order chi connectivity index (χ0) is 31.2. The quantitative estimate of drug-likeness (QED) is 0.0647. The maximum atomic E-state index is 10.2. The van der Waals surface area contributed by atoms with Gasteiger partial charge in [0, 0.05) is 11.9 Å². The third kappa shape index (κ3) is 51.3. The van der Waals surface area contributed by atoms with Crippen LogP contribution in [-0.4, -0.2) is 11.9 Å². The van der Waals surface area contributed by atoms with Crippen LogP contribution in [0.4, 0.5) is 0 Å². The van der Waals surface area contributed by atoms with Crippen molar-refractivity contribution in [3.05, 3.63) is 0 Å². The Morgan fingerprint density at radius 1 is 0.302 bits per heavy atom. The predicted octanol–water partition coefficient (Wildman–Crippen LogP) is 10.8. The fourth-order valence-electron chi connectivity index (χ4n) is 5.63. The first kappa shape index (κ1) is 46.9. The molecule has 0 rings (SSSR count). The Morgan fingerprint density at radius 3 is 0.581 bits per heavy atom. The van der Waals surface area contributed by atoms with Gasteiger partial charge in [-0.2, -0.15) is 0 Å². The van der Waals surface area contributed by atoms with E-state index in [-0.39, 0.29) is 29.6 Å². The molecule has 0 aromatic rings. The molecule has 0 spiro atoms. The van der Waals surface area contributed by atoms with E-state index < -0.39 is 11.9 Å². The summed E-state index contributed by atoms with van der Waals surface area (Å²) in [6.45, 7) is 4.54. The summed E-state index contributed by atoms with van der Waals surface area (Å²) in [5.74, 6) is -1.80. The van der Waals surface area contributed by atoms with Gasteiger partial charge in [0.25, 0.3) is 0 Å². The van der Waals surface area contributed by atoms with Crippen LogP contribution in [0, 0.1) is 0 Å². The number of unbranched alkanes of at least 4 members (excludes halogenated alkanes) is 30. The number of hydrogen-bond acceptors (Lipinski definition) is 4. The Morgan fingerprint density at radius 2 is 0.442 bits per heavy atom. The largest absolute Gasteiger partial charge is 2.00 e. The summed E-state index contributed by atoms with van der Waals surface area (Å²) in [6.07, 6.45) is 42.7. The zero-order valence-electron chi connectivity index (χ0n) is 29.0. The first-order valence-electron chi connectivity index (χ1n) is 18.9. The fourth-order valence-corrected chi connectivity index (χ4v) is 5.63. The molecular weight excluding hydrogens is 579 g/mol. The van der Waals surface area contributed by atoms with Crippen molar-refractivity contribution in [1.82, 2.24) is 0 Å². The van der Waals surface area contributed by atoms with Crippen molar-refractivity contribution < 1.29 is 36.6 Å². The predicted molar refractivity (Wildman–Crippen MR) is 178 cm³/mol. The zero-order valence-corrected chi connectivity index (χ0v) is 30.0. The minimum absolute atomic E-state index is 0. The number of carboxylic acid groups (broad SMARTS) is 2. The van der Waals surface area contributed by atoms with Gasteiger partial charge in [-0.05, 0) is 25.7 Å². The van der Waals surface area contributed by atoms with Gasteiger partial charge < -0.3 is 19.8 Å². The van der Waals surface area contributed by atoms with E-state index in [2.05, 4.69) is 13.8 Å². The Balaban J connectivity index is -0.000000727. The van der Waals surface area contributed by atoms with Gasteiger partial charge in [-0.25, -0.2) is 0 Å². The molecule has 5 heteroatoms. The molecule has 0 aliphatic heterocycles. The molecule has 0 N–H and O–H groups in total. The summed E-state index contributed by atoms with van der Waals surface area (Å²) in [4.78, 5) is 20.5. The van der Waals surface area contributed by atoms with Gasteiger partial charge in [-0.1, -0.05) is 206 Å². The molecule has 0 heterocycles. The molecular formula is C38H74CoO4. The van der Waals surface area contributed by atoms with E-state index in [1.165, 1.54) is 180 Å². The monoisotopic (exact) mass is 653 g/mol. The van der Waals surface area contributed by atoms with Crippen molar-refractivity contribution in [2.24, 2.45) is 0 Å². The van der Waals surface area contributed by atoms with Crippen molar-refractivity contribution in [3.8, 4) is 0 Å². The molecule has 0 aliphatic carbocycles. The number of carbonyl (C=O) groups excluding carboxylic acids is 2. The molecule has 0 aromatic heterocycles. The maximum absolute atomic E-state index is 10.2. The van der Waals surface area contributed by atoms with E-state index in [1.807, 2.05) is 0 Å². The fraction of sp³-hybridized carbons (Fsp3) is 0.947. The summed E-state index contributed by atoms with van der Waals surface area (Å²) < 4.78 is 0. The third-order valence-corrected chi connectivity index (χ3v) is 8.47. The summed E-state index contributed by atoms with van der Waals surface area (Å²) in [7, 11) is 0. The SMILES string of the molecule is CCCCCCCCCCCCCCCCCCC(=O)[O-].CCCCCCCCCCCCCCCCCCC(=O)[O-].[Co+2]. The second kappa shape index (κ2) is 43.6. The summed E-state index contributed by atoms with van der Waals surface area (Å²) >= 11 is 0. The van der Waals surface area contributed by atoms with Crippen LogP contribution in [0.5, 0.6) is 0 Å². The molecule has 0 saturated carbocycles. The van der Waals surface area contributed by atoms with Crippen LogP contribution in [-0.2, 0) is 26.4 Å². The summed E-state index contributed by atoms with van der Waals surface area (Å²) in [5.41, 5.74) is 0. The van der Waals surface area contributed by atoms with Crippen molar-refractivity contribution in [2.75, 3.05) is 0 Å². The molecule has 0 aliphatic rings. The molecule has 0 aromatic carbocycles. The molecule has 0 atom stereocenters. The van der Waals surface area contributed by atoms with Crippen LogP contribution in [0.3, 0.4) is 0 Å². The van der Waals surface area contributed by atoms with Gasteiger partial charge in [-0.15, -0.1) is 0 Å².